The molecule has 8 heteroatoms. The molecule has 0 aromatic rings. The quantitative estimate of drug-likeness (QED) is 0.654. The summed E-state index contributed by atoms with van der Waals surface area (Å²) in [6.45, 7) is -0.104. The zero-order valence-electron chi connectivity index (χ0n) is 7.78. The second-order valence-corrected chi connectivity index (χ2v) is 5.27. The van der Waals surface area contributed by atoms with Crippen molar-refractivity contribution in [1.82, 2.24) is 4.31 Å². The lowest BCUT2D eigenvalue weighted by Crippen LogP contribution is -2.37. The molecular formula is C6H12ClF2NO3S. The maximum absolute atomic E-state index is 12.0. The van der Waals surface area contributed by atoms with Crippen LogP contribution < -0.4 is 0 Å². The van der Waals surface area contributed by atoms with Crippen molar-refractivity contribution >= 4 is 21.6 Å². The zero-order chi connectivity index (χ0) is 11.4. The average Bonchev–Trinajstić information content (AvgIpc) is 2.03. The van der Waals surface area contributed by atoms with Crippen molar-refractivity contribution in [2.75, 3.05) is 27.3 Å². The molecule has 0 saturated heterocycles. The largest absolute Gasteiger partial charge is 0.383 e. The molecule has 0 N–H and O–H groups in total. The van der Waals surface area contributed by atoms with Crippen LogP contribution in [0.15, 0.2) is 0 Å². The first-order valence-electron chi connectivity index (χ1n) is 3.68. The van der Waals surface area contributed by atoms with E-state index >= 15 is 0 Å². The van der Waals surface area contributed by atoms with Crippen LogP contribution in [0.25, 0.3) is 0 Å². The summed E-state index contributed by atoms with van der Waals surface area (Å²) >= 11 is 5.61. The van der Waals surface area contributed by atoms with Crippen molar-refractivity contribution in [3.05, 3.63) is 0 Å². The van der Waals surface area contributed by atoms with Crippen LogP contribution >= 0.6 is 11.6 Å². The average molecular weight is 252 g/mol. The molecule has 0 radical (unpaired) electrons. The molecule has 0 heterocycles. The molecule has 14 heavy (non-hydrogen) atoms. The van der Waals surface area contributed by atoms with E-state index in [2.05, 4.69) is 4.74 Å². The van der Waals surface area contributed by atoms with E-state index in [0.29, 0.717) is 4.31 Å². The van der Waals surface area contributed by atoms with E-state index in [9.17, 15) is 17.2 Å². The molecule has 1 atom stereocenters. The molecule has 0 aliphatic rings. The van der Waals surface area contributed by atoms with Crippen LogP contribution in [-0.4, -0.2) is 51.2 Å². The van der Waals surface area contributed by atoms with Crippen molar-refractivity contribution < 1.29 is 21.9 Å². The highest BCUT2D eigenvalue weighted by Gasteiger charge is 2.30. The lowest BCUT2D eigenvalue weighted by molar-refractivity contribution is 0.188. The Morgan fingerprint density at radius 3 is 2.36 bits per heavy atom. The van der Waals surface area contributed by atoms with Crippen LogP contribution in [0, 0.1) is 0 Å². The van der Waals surface area contributed by atoms with Crippen LogP contribution in [0.1, 0.15) is 0 Å². The van der Waals surface area contributed by atoms with E-state index in [1.807, 2.05) is 0 Å². The SMILES string of the molecule is COCC(Cl)CN(C)S(=O)(=O)C(F)F. The third-order valence-corrected chi connectivity index (χ3v) is 3.19. The Hall–Kier alpha value is 0.0200. The van der Waals surface area contributed by atoms with Crippen LogP contribution in [0.2, 0.25) is 0 Å². The molecule has 0 aliphatic carbocycles. The summed E-state index contributed by atoms with van der Waals surface area (Å²) < 4.78 is 50.8. The summed E-state index contributed by atoms with van der Waals surface area (Å²) in [6, 6.07) is 0. The monoisotopic (exact) mass is 251 g/mol. The van der Waals surface area contributed by atoms with E-state index in [1.165, 1.54) is 7.11 Å². The van der Waals surface area contributed by atoms with Crippen LogP contribution in [-0.2, 0) is 14.8 Å². The summed E-state index contributed by atoms with van der Waals surface area (Å²) in [5.41, 5.74) is 0. The van der Waals surface area contributed by atoms with Crippen molar-refractivity contribution in [2.45, 2.75) is 11.1 Å². The Morgan fingerprint density at radius 1 is 1.50 bits per heavy atom. The van der Waals surface area contributed by atoms with Gasteiger partial charge in [-0.25, -0.2) is 8.42 Å². The van der Waals surface area contributed by atoms with E-state index < -0.39 is 21.2 Å². The minimum atomic E-state index is -4.53. The molecule has 0 bridgehead atoms. The Balaban J connectivity index is 4.28. The van der Waals surface area contributed by atoms with Gasteiger partial charge in [0.05, 0.1) is 12.0 Å². The second kappa shape index (κ2) is 5.79. The van der Waals surface area contributed by atoms with Gasteiger partial charge in [0.25, 0.3) is 10.0 Å². The van der Waals surface area contributed by atoms with Crippen LogP contribution in [0.4, 0.5) is 8.78 Å². The van der Waals surface area contributed by atoms with Crippen molar-refractivity contribution in [3.63, 3.8) is 0 Å². The van der Waals surface area contributed by atoms with Gasteiger partial charge in [0, 0.05) is 20.7 Å². The van der Waals surface area contributed by atoms with Gasteiger partial charge < -0.3 is 4.74 Å². The molecule has 1 unspecified atom stereocenters. The molecule has 86 valence electrons. The van der Waals surface area contributed by atoms with E-state index in [4.69, 9.17) is 11.6 Å². The number of alkyl halides is 3. The Morgan fingerprint density at radius 2 is 2.00 bits per heavy atom. The number of hydrogen-bond acceptors (Lipinski definition) is 3. The lowest BCUT2D eigenvalue weighted by Gasteiger charge is -2.18. The predicted molar refractivity (Wildman–Crippen MR) is 49.1 cm³/mol. The van der Waals surface area contributed by atoms with Gasteiger partial charge in [-0.1, -0.05) is 0 Å². The lowest BCUT2D eigenvalue weighted by atomic mass is 10.4. The van der Waals surface area contributed by atoms with Gasteiger partial charge >= 0.3 is 5.76 Å². The van der Waals surface area contributed by atoms with Gasteiger partial charge in [-0.15, -0.1) is 11.6 Å². The fourth-order valence-corrected chi connectivity index (χ4v) is 1.83. The first-order valence-corrected chi connectivity index (χ1v) is 5.62. The number of rotatable bonds is 6. The second-order valence-electron chi connectivity index (χ2n) is 2.64. The molecule has 0 aromatic heterocycles. The third-order valence-electron chi connectivity index (χ3n) is 1.46. The summed E-state index contributed by atoms with van der Waals surface area (Å²) in [7, 11) is -2.10. The summed E-state index contributed by atoms with van der Waals surface area (Å²) in [6.07, 6.45) is 0. The first kappa shape index (κ1) is 14.0. The zero-order valence-corrected chi connectivity index (χ0v) is 9.36. The van der Waals surface area contributed by atoms with Gasteiger partial charge in [0.2, 0.25) is 0 Å². The molecule has 0 aromatic carbocycles. The molecule has 0 aliphatic heterocycles. The molecular weight excluding hydrogens is 240 g/mol. The smallest absolute Gasteiger partial charge is 0.350 e. The van der Waals surface area contributed by atoms with E-state index in [0.717, 1.165) is 7.05 Å². The molecule has 0 fully saturated rings. The van der Waals surface area contributed by atoms with E-state index in [1.54, 1.807) is 0 Å². The molecule has 0 saturated carbocycles. The number of sulfonamides is 1. The fourth-order valence-electron chi connectivity index (χ4n) is 0.752. The standard InChI is InChI=1S/C6H12ClF2NO3S/c1-10(3-5(7)4-13-2)14(11,12)6(8)9/h5-6H,3-4H2,1-2H3. The van der Waals surface area contributed by atoms with Crippen LogP contribution in [0.3, 0.4) is 0 Å². The fraction of sp³-hybridized carbons (Fsp3) is 1.00. The number of ether oxygens (including phenoxy) is 1. The van der Waals surface area contributed by atoms with Crippen molar-refractivity contribution in [1.29, 1.82) is 0 Å². The van der Waals surface area contributed by atoms with Gasteiger partial charge in [-0.3, -0.25) is 0 Å². The van der Waals surface area contributed by atoms with Crippen molar-refractivity contribution in [2.24, 2.45) is 0 Å². The maximum Gasteiger partial charge on any atom is 0.350 e. The summed E-state index contributed by atoms with van der Waals surface area (Å²) in [5.74, 6) is -3.42. The van der Waals surface area contributed by atoms with Crippen LogP contribution in [0.5, 0.6) is 0 Å². The van der Waals surface area contributed by atoms with Gasteiger partial charge in [0.15, 0.2) is 0 Å². The minimum Gasteiger partial charge on any atom is -0.383 e. The summed E-state index contributed by atoms with van der Waals surface area (Å²) in [4.78, 5) is 0. The minimum absolute atomic E-state index is 0.102. The third kappa shape index (κ3) is 4.04. The normalized spacial score (nSPS) is 15.1. The Kier molecular flexibility index (Phi) is 5.80. The molecule has 0 amide bonds. The topological polar surface area (TPSA) is 46.6 Å². The molecule has 0 rings (SSSR count). The van der Waals surface area contributed by atoms with Gasteiger partial charge in [-0.2, -0.15) is 13.1 Å². The number of halogens is 3. The highest BCUT2D eigenvalue weighted by molar-refractivity contribution is 7.89. The summed E-state index contributed by atoms with van der Waals surface area (Å²) in [5, 5.41) is -0.640. The first-order chi connectivity index (χ1) is 6.32. The highest BCUT2D eigenvalue weighted by Crippen LogP contribution is 2.11. The number of hydrogen-bond donors (Lipinski definition) is 0. The Bertz CT molecular complexity index is 260. The predicted octanol–water partition coefficient (Wildman–Crippen LogP) is 0.724. The molecule has 0 spiro atoms. The number of methoxy groups -OCH3 is 1. The van der Waals surface area contributed by atoms with Crippen molar-refractivity contribution in [3.8, 4) is 0 Å². The number of nitrogens with zero attached hydrogens (tertiary/aromatic N) is 1. The van der Waals surface area contributed by atoms with Gasteiger partial charge in [-0.05, 0) is 0 Å². The van der Waals surface area contributed by atoms with Gasteiger partial charge in [0.1, 0.15) is 0 Å². The molecule has 4 nitrogen and oxygen atoms in total. The maximum atomic E-state index is 12.0. The Labute approximate surface area is 86.8 Å². The highest BCUT2D eigenvalue weighted by atomic mass is 35.5. The van der Waals surface area contributed by atoms with E-state index in [-0.39, 0.29) is 13.2 Å².